The van der Waals surface area contributed by atoms with Gasteiger partial charge in [0.05, 0.1) is 19.3 Å². The molecule has 5 nitrogen and oxygen atoms in total. The Morgan fingerprint density at radius 2 is 1.81 bits per heavy atom. The highest BCUT2D eigenvalue weighted by atomic mass is 16.5. The van der Waals surface area contributed by atoms with E-state index in [2.05, 4.69) is 0 Å². The summed E-state index contributed by atoms with van der Waals surface area (Å²) in [6.45, 7) is 2.15. The van der Waals surface area contributed by atoms with E-state index in [1.165, 1.54) is 0 Å². The van der Waals surface area contributed by atoms with Crippen LogP contribution in [0.3, 0.4) is 0 Å². The summed E-state index contributed by atoms with van der Waals surface area (Å²) < 4.78 is 11.1. The van der Waals surface area contributed by atoms with Crippen LogP contribution in [0.4, 0.5) is 5.69 Å². The van der Waals surface area contributed by atoms with Crippen molar-refractivity contribution < 1.29 is 14.3 Å². The normalized spacial score (nSPS) is 16.7. The van der Waals surface area contributed by atoms with Gasteiger partial charge in [0.2, 0.25) is 0 Å². The Kier molecular flexibility index (Phi) is 6.22. The first kappa shape index (κ1) is 19.1. The molecular formula is C22H28N2O3. The molecule has 1 fully saturated rings. The number of hydrogen-bond acceptors (Lipinski definition) is 4. The number of anilines is 1. The van der Waals surface area contributed by atoms with Gasteiger partial charge in [-0.25, -0.2) is 0 Å². The van der Waals surface area contributed by atoms with Crippen LogP contribution in [-0.4, -0.2) is 51.7 Å². The van der Waals surface area contributed by atoms with E-state index in [0.717, 1.165) is 48.7 Å². The molecule has 1 aliphatic heterocycles. The van der Waals surface area contributed by atoms with E-state index < -0.39 is 0 Å². The van der Waals surface area contributed by atoms with Crippen LogP contribution in [0.15, 0.2) is 48.5 Å². The van der Waals surface area contributed by atoms with E-state index in [1.54, 1.807) is 7.11 Å². The minimum absolute atomic E-state index is 0.105. The summed E-state index contributed by atoms with van der Waals surface area (Å²) in [5, 5.41) is 0. The fraction of sp³-hybridized carbons (Fsp3) is 0.409. The lowest BCUT2D eigenvalue weighted by Gasteiger charge is -2.33. The summed E-state index contributed by atoms with van der Waals surface area (Å²) >= 11 is 0. The van der Waals surface area contributed by atoms with Gasteiger partial charge in [0.15, 0.2) is 0 Å². The topological polar surface area (TPSA) is 42.0 Å². The molecule has 1 unspecified atom stereocenters. The second-order valence-corrected chi connectivity index (χ2v) is 7.16. The Balaban J connectivity index is 1.61. The van der Waals surface area contributed by atoms with Crippen molar-refractivity contribution in [2.75, 3.05) is 45.8 Å². The Bertz CT molecular complexity index is 758. The number of rotatable bonds is 6. The summed E-state index contributed by atoms with van der Waals surface area (Å²) in [6.07, 6.45) is 2.09. The highest BCUT2D eigenvalue weighted by Crippen LogP contribution is 2.25. The van der Waals surface area contributed by atoms with Crippen molar-refractivity contribution in [2.45, 2.75) is 12.8 Å². The van der Waals surface area contributed by atoms with Gasteiger partial charge < -0.3 is 19.3 Å². The van der Waals surface area contributed by atoms with Gasteiger partial charge in [0, 0.05) is 38.8 Å². The number of nitrogens with zero attached hydrogens (tertiary/aromatic N) is 2. The molecule has 144 valence electrons. The van der Waals surface area contributed by atoms with E-state index >= 15 is 0 Å². The van der Waals surface area contributed by atoms with Gasteiger partial charge in [-0.3, -0.25) is 4.79 Å². The lowest BCUT2D eigenvalue weighted by molar-refractivity contribution is 0.0634. The van der Waals surface area contributed by atoms with Crippen molar-refractivity contribution >= 4 is 11.6 Å². The maximum absolute atomic E-state index is 13.1. The molecule has 0 saturated carbocycles. The lowest BCUT2D eigenvalue weighted by Crippen LogP contribution is -2.42. The van der Waals surface area contributed by atoms with Crippen LogP contribution in [0.25, 0.3) is 0 Å². The molecule has 0 N–H and O–H groups in total. The molecule has 2 aromatic carbocycles. The first-order valence-corrected chi connectivity index (χ1v) is 9.41. The molecule has 5 heteroatoms. The van der Waals surface area contributed by atoms with Crippen molar-refractivity contribution in [3.05, 3.63) is 54.1 Å². The average Bonchev–Trinajstić information content (AvgIpc) is 2.72. The molecule has 0 aromatic heterocycles. The van der Waals surface area contributed by atoms with Crippen LogP contribution in [0.1, 0.15) is 23.2 Å². The Morgan fingerprint density at radius 3 is 2.52 bits per heavy atom. The Hall–Kier alpha value is -2.69. The van der Waals surface area contributed by atoms with E-state index in [9.17, 15) is 4.79 Å². The second kappa shape index (κ2) is 8.80. The smallest absolute Gasteiger partial charge is 0.255 e. The van der Waals surface area contributed by atoms with Gasteiger partial charge in [0.1, 0.15) is 11.5 Å². The number of benzene rings is 2. The van der Waals surface area contributed by atoms with Gasteiger partial charge in [-0.2, -0.15) is 0 Å². The summed E-state index contributed by atoms with van der Waals surface area (Å²) in [5.74, 6) is 2.10. The molecule has 2 aromatic rings. The number of methoxy groups -OCH3 is 1. The van der Waals surface area contributed by atoms with Crippen LogP contribution in [-0.2, 0) is 0 Å². The van der Waals surface area contributed by atoms with Crippen LogP contribution >= 0.6 is 0 Å². The summed E-state index contributed by atoms with van der Waals surface area (Å²) in [6, 6.07) is 15.4. The van der Waals surface area contributed by atoms with Crippen LogP contribution in [0, 0.1) is 5.92 Å². The van der Waals surface area contributed by atoms with E-state index in [0.29, 0.717) is 12.5 Å². The standard InChI is InChI=1S/C22H28N2O3/c1-23(2)21-9-5-4-8-20(21)22(25)24-14-6-7-17(15-24)16-27-19-12-10-18(26-3)11-13-19/h4-5,8-13,17H,6-7,14-16H2,1-3H3. The fourth-order valence-electron chi connectivity index (χ4n) is 3.49. The molecule has 27 heavy (non-hydrogen) atoms. The van der Waals surface area contributed by atoms with Gasteiger partial charge in [0.25, 0.3) is 5.91 Å². The fourth-order valence-corrected chi connectivity index (χ4v) is 3.49. The maximum Gasteiger partial charge on any atom is 0.255 e. The number of carbonyl (C=O) groups is 1. The largest absolute Gasteiger partial charge is 0.497 e. The third-order valence-electron chi connectivity index (χ3n) is 4.97. The SMILES string of the molecule is COc1ccc(OCC2CCCN(C(=O)c3ccccc3N(C)C)C2)cc1. The highest BCUT2D eigenvalue weighted by molar-refractivity contribution is 5.99. The van der Waals surface area contributed by atoms with Gasteiger partial charge in [-0.1, -0.05) is 12.1 Å². The number of likely N-dealkylation sites (tertiary alicyclic amines) is 1. The first-order chi connectivity index (χ1) is 13.1. The summed E-state index contributed by atoms with van der Waals surface area (Å²) in [4.78, 5) is 17.0. The average molecular weight is 368 g/mol. The quantitative estimate of drug-likeness (QED) is 0.780. The number of hydrogen-bond donors (Lipinski definition) is 0. The molecule has 1 atom stereocenters. The van der Waals surface area contributed by atoms with E-state index in [-0.39, 0.29) is 5.91 Å². The minimum atomic E-state index is 0.105. The zero-order valence-electron chi connectivity index (χ0n) is 16.4. The summed E-state index contributed by atoms with van der Waals surface area (Å²) in [7, 11) is 5.58. The molecule has 1 amide bonds. The predicted octanol–water partition coefficient (Wildman–Crippen LogP) is 3.69. The molecule has 0 aliphatic carbocycles. The van der Waals surface area contributed by atoms with Crippen molar-refractivity contribution in [1.82, 2.24) is 4.90 Å². The minimum Gasteiger partial charge on any atom is -0.497 e. The molecule has 0 spiro atoms. The highest BCUT2D eigenvalue weighted by Gasteiger charge is 2.26. The van der Waals surface area contributed by atoms with Crippen LogP contribution in [0.5, 0.6) is 11.5 Å². The Morgan fingerprint density at radius 1 is 1.11 bits per heavy atom. The molecule has 1 aliphatic rings. The molecule has 0 radical (unpaired) electrons. The molecule has 1 saturated heterocycles. The van der Waals surface area contributed by atoms with Crippen molar-refractivity contribution in [1.29, 1.82) is 0 Å². The predicted molar refractivity (Wildman–Crippen MR) is 108 cm³/mol. The number of para-hydroxylation sites is 1. The monoisotopic (exact) mass is 368 g/mol. The van der Waals surface area contributed by atoms with Crippen molar-refractivity contribution in [2.24, 2.45) is 5.92 Å². The number of amides is 1. The van der Waals surface area contributed by atoms with Crippen molar-refractivity contribution in [3.63, 3.8) is 0 Å². The maximum atomic E-state index is 13.1. The molecule has 0 bridgehead atoms. The molecule has 3 rings (SSSR count). The number of ether oxygens (including phenoxy) is 2. The van der Waals surface area contributed by atoms with Crippen LogP contribution in [0.2, 0.25) is 0 Å². The number of carbonyl (C=O) groups excluding carboxylic acids is 1. The third-order valence-corrected chi connectivity index (χ3v) is 4.97. The zero-order valence-corrected chi connectivity index (χ0v) is 16.4. The van der Waals surface area contributed by atoms with Crippen molar-refractivity contribution in [3.8, 4) is 11.5 Å². The lowest BCUT2D eigenvalue weighted by atomic mass is 9.98. The molecule has 1 heterocycles. The Labute approximate surface area is 161 Å². The number of piperidine rings is 1. The van der Waals surface area contributed by atoms with E-state index in [4.69, 9.17) is 9.47 Å². The van der Waals surface area contributed by atoms with E-state index in [1.807, 2.05) is 72.4 Å². The zero-order chi connectivity index (χ0) is 19.2. The van der Waals surface area contributed by atoms with Gasteiger partial charge in [-0.15, -0.1) is 0 Å². The molecular weight excluding hydrogens is 340 g/mol. The van der Waals surface area contributed by atoms with Gasteiger partial charge in [-0.05, 0) is 49.2 Å². The van der Waals surface area contributed by atoms with Gasteiger partial charge >= 0.3 is 0 Å². The second-order valence-electron chi connectivity index (χ2n) is 7.16. The van der Waals surface area contributed by atoms with Crippen LogP contribution < -0.4 is 14.4 Å². The first-order valence-electron chi connectivity index (χ1n) is 9.41. The summed E-state index contributed by atoms with van der Waals surface area (Å²) in [5.41, 5.74) is 1.72. The third kappa shape index (κ3) is 4.73.